The van der Waals surface area contributed by atoms with E-state index in [1.54, 1.807) is 22.0 Å². The summed E-state index contributed by atoms with van der Waals surface area (Å²) in [5, 5.41) is 0. The zero-order chi connectivity index (χ0) is 22.5. The van der Waals surface area contributed by atoms with Gasteiger partial charge in [0.05, 0.1) is 12.2 Å². The van der Waals surface area contributed by atoms with Gasteiger partial charge in [-0.1, -0.05) is 61.5 Å². The van der Waals surface area contributed by atoms with Gasteiger partial charge in [-0.15, -0.1) is 0 Å². The van der Waals surface area contributed by atoms with Crippen molar-refractivity contribution >= 4 is 11.8 Å². The molecule has 2 amide bonds. The van der Waals surface area contributed by atoms with Crippen LogP contribution in [0, 0.1) is 5.92 Å². The predicted molar refractivity (Wildman–Crippen MR) is 125 cm³/mol. The minimum Gasteiger partial charge on any atom is -0.341 e. The van der Waals surface area contributed by atoms with E-state index < -0.39 is 0 Å². The first-order valence-electron chi connectivity index (χ1n) is 11.3. The lowest BCUT2D eigenvalue weighted by atomic mass is 9.94. The number of carbonyl (C=O) groups is 2. The van der Waals surface area contributed by atoms with Crippen molar-refractivity contribution in [3.63, 3.8) is 0 Å². The molecule has 3 aromatic rings. The topological polar surface area (TPSA) is 58.4 Å². The average Bonchev–Trinajstić information content (AvgIpc) is 3.20. The predicted octanol–water partition coefficient (Wildman–Crippen LogP) is 3.64. The van der Waals surface area contributed by atoms with Crippen LogP contribution in [0.25, 0.3) is 11.1 Å². The Balaban J connectivity index is 1.58. The van der Waals surface area contributed by atoms with E-state index in [9.17, 15) is 9.59 Å². The van der Waals surface area contributed by atoms with Gasteiger partial charge in [-0.2, -0.15) is 0 Å². The van der Waals surface area contributed by atoms with E-state index >= 15 is 0 Å². The largest absolute Gasteiger partial charge is 0.341 e. The third-order valence-corrected chi connectivity index (χ3v) is 5.96. The second kappa shape index (κ2) is 9.81. The lowest BCUT2D eigenvalue weighted by Gasteiger charge is -2.24. The molecule has 0 unspecified atom stereocenters. The molecule has 1 aliphatic rings. The molecular formula is C26H30N4O2. The van der Waals surface area contributed by atoms with Crippen LogP contribution in [0.4, 0.5) is 0 Å². The molecule has 0 aliphatic carbocycles. The average molecular weight is 431 g/mol. The zero-order valence-electron chi connectivity index (χ0n) is 18.8. The van der Waals surface area contributed by atoms with Gasteiger partial charge in [-0.25, -0.2) is 4.98 Å². The van der Waals surface area contributed by atoms with Gasteiger partial charge in [0.15, 0.2) is 0 Å². The van der Waals surface area contributed by atoms with Gasteiger partial charge < -0.3 is 14.4 Å². The SMILES string of the molecule is CCCN1CCN(C(=O)c2cn(C)cn2)C[C@@H](Cc2cccc(-c3ccccc3)c2)C1=O. The van der Waals surface area contributed by atoms with Gasteiger partial charge in [0, 0.05) is 39.4 Å². The van der Waals surface area contributed by atoms with Gasteiger partial charge >= 0.3 is 0 Å². The van der Waals surface area contributed by atoms with Gasteiger partial charge in [0.2, 0.25) is 5.91 Å². The Bertz CT molecular complexity index is 1080. The van der Waals surface area contributed by atoms with Crippen LogP contribution in [0.5, 0.6) is 0 Å². The number of carbonyl (C=O) groups excluding carboxylic acids is 2. The van der Waals surface area contributed by atoms with Crippen molar-refractivity contribution in [2.24, 2.45) is 13.0 Å². The summed E-state index contributed by atoms with van der Waals surface area (Å²) in [6, 6.07) is 18.6. The summed E-state index contributed by atoms with van der Waals surface area (Å²) in [6.45, 7) is 4.29. The van der Waals surface area contributed by atoms with Crippen molar-refractivity contribution < 1.29 is 9.59 Å². The number of aromatic nitrogens is 2. The molecule has 1 atom stereocenters. The molecule has 4 rings (SSSR count). The summed E-state index contributed by atoms with van der Waals surface area (Å²) in [4.78, 5) is 34.4. The van der Waals surface area contributed by atoms with Crippen LogP contribution in [0.15, 0.2) is 67.1 Å². The molecule has 1 aromatic heterocycles. The quantitative estimate of drug-likeness (QED) is 0.600. The number of amides is 2. The molecular weight excluding hydrogens is 400 g/mol. The Morgan fingerprint density at radius 2 is 1.84 bits per heavy atom. The zero-order valence-corrected chi connectivity index (χ0v) is 18.8. The van der Waals surface area contributed by atoms with Gasteiger partial charge in [-0.3, -0.25) is 9.59 Å². The number of rotatable bonds is 6. The highest BCUT2D eigenvalue weighted by atomic mass is 16.2. The number of hydrogen-bond acceptors (Lipinski definition) is 3. The first kappa shape index (κ1) is 21.8. The summed E-state index contributed by atoms with van der Waals surface area (Å²) in [6.07, 6.45) is 4.87. The Kier molecular flexibility index (Phi) is 6.69. The minimum absolute atomic E-state index is 0.111. The number of nitrogens with zero attached hydrogens (tertiary/aromatic N) is 4. The maximum absolute atomic E-state index is 13.4. The Labute approximate surface area is 189 Å². The molecule has 1 fully saturated rings. The van der Waals surface area contributed by atoms with E-state index in [1.807, 2.05) is 36.2 Å². The summed E-state index contributed by atoms with van der Waals surface area (Å²) in [5.41, 5.74) is 3.82. The molecule has 1 aliphatic heterocycles. The van der Waals surface area contributed by atoms with Crippen molar-refractivity contribution in [2.75, 3.05) is 26.2 Å². The summed E-state index contributed by atoms with van der Waals surface area (Å²) >= 11 is 0. The van der Waals surface area contributed by atoms with Crippen LogP contribution >= 0.6 is 0 Å². The molecule has 0 radical (unpaired) electrons. The first-order chi connectivity index (χ1) is 15.5. The van der Waals surface area contributed by atoms with Crippen LogP contribution in [-0.4, -0.2) is 57.3 Å². The smallest absolute Gasteiger partial charge is 0.274 e. The normalized spacial score (nSPS) is 16.8. The van der Waals surface area contributed by atoms with Gasteiger partial charge in [0.1, 0.15) is 5.69 Å². The summed E-state index contributed by atoms with van der Waals surface area (Å²) in [7, 11) is 1.85. The first-order valence-corrected chi connectivity index (χ1v) is 11.3. The number of aryl methyl sites for hydroxylation is 1. The van der Waals surface area contributed by atoms with Crippen LogP contribution < -0.4 is 0 Å². The fourth-order valence-corrected chi connectivity index (χ4v) is 4.35. The van der Waals surface area contributed by atoms with Crippen molar-refractivity contribution in [3.8, 4) is 11.1 Å². The summed E-state index contributed by atoms with van der Waals surface area (Å²) < 4.78 is 1.77. The molecule has 1 saturated heterocycles. The van der Waals surface area contributed by atoms with Crippen LogP contribution in [0.2, 0.25) is 0 Å². The summed E-state index contributed by atoms with van der Waals surface area (Å²) in [5.74, 6) is -0.254. The molecule has 0 spiro atoms. The highest BCUT2D eigenvalue weighted by molar-refractivity contribution is 5.93. The number of imidazole rings is 1. The Hall–Kier alpha value is -3.41. The highest BCUT2D eigenvalue weighted by Crippen LogP contribution is 2.24. The highest BCUT2D eigenvalue weighted by Gasteiger charge is 2.33. The second-order valence-corrected chi connectivity index (χ2v) is 8.47. The molecule has 6 heteroatoms. The van der Waals surface area contributed by atoms with Crippen LogP contribution in [0.3, 0.4) is 0 Å². The standard InChI is InChI=1S/C26H30N4O2/c1-3-12-29-13-14-30(26(32)24-18-28(2)19-27-24)17-23(25(29)31)16-20-8-7-11-22(15-20)21-9-5-4-6-10-21/h4-11,15,18-19,23H,3,12-14,16-17H2,1-2H3/t23-/m1/s1. The monoisotopic (exact) mass is 430 g/mol. The van der Waals surface area contributed by atoms with Gasteiger partial charge in [-0.05, 0) is 29.5 Å². The molecule has 2 aromatic carbocycles. The van der Waals surface area contributed by atoms with Crippen molar-refractivity contribution in [1.29, 1.82) is 0 Å². The minimum atomic E-state index is -0.275. The van der Waals surface area contributed by atoms with Crippen molar-refractivity contribution in [3.05, 3.63) is 78.4 Å². The lowest BCUT2D eigenvalue weighted by Crippen LogP contribution is -2.38. The maximum atomic E-state index is 13.4. The van der Waals surface area contributed by atoms with Crippen molar-refractivity contribution in [2.45, 2.75) is 19.8 Å². The van der Waals surface area contributed by atoms with Crippen LogP contribution in [0.1, 0.15) is 29.4 Å². The third kappa shape index (κ3) is 4.90. The Morgan fingerprint density at radius 1 is 1.06 bits per heavy atom. The molecule has 6 nitrogen and oxygen atoms in total. The number of hydrogen-bond donors (Lipinski definition) is 0. The van der Waals surface area contributed by atoms with Crippen molar-refractivity contribution in [1.82, 2.24) is 19.4 Å². The molecule has 32 heavy (non-hydrogen) atoms. The fourth-order valence-electron chi connectivity index (χ4n) is 4.35. The maximum Gasteiger partial charge on any atom is 0.274 e. The van der Waals surface area contributed by atoms with E-state index in [-0.39, 0.29) is 17.7 Å². The lowest BCUT2D eigenvalue weighted by molar-refractivity contribution is -0.134. The third-order valence-electron chi connectivity index (χ3n) is 5.96. The van der Waals surface area contributed by atoms with Crippen LogP contribution in [-0.2, 0) is 18.3 Å². The molecule has 0 bridgehead atoms. The molecule has 2 heterocycles. The molecule has 166 valence electrons. The molecule has 0 saturated carbocycles. The fraction of sp³-hybridized carbons (Fsp3) is 0.346. The van der Waals surface area contributed by atoms with E-state index in [0.29, 0.717) is 38.3 Å². The van der Waals surface area contributed by atoms with E-state index in [2.05, 4.69) is 42.2 Å². The number of benzene rings is 2. The Morgan fingerprint density at radius 3 is 2.56 bits per heavy atom. The van der Waals surface area contributed by atoms with E-state index in [4.69, 9.17) is 0 Å². The van der Waals surface area contributed by atoms with E-state index in [0.717, 1.165) is 23.1 Å². The molecule has 0 N–H and O–H groups in total. The van der Waals surface area contributed by atoms with Gasteiger partial charge in [0.25, 0.3) is 5.91 Å². The second-order valence-electron chi connectivity index (χ2n) is 8.47. The van der Waals surface area contributed by atoms with E-state index in [1.165, 1.54) is 0 Å².